The van der Waals surface area contributed by atoms with Crippen molar-refractivity contribution in [3.05, 3.63) is 0 Å². The molecular formula is C15H33Cl2N3O2. The number of ether oxygens (including phenoxy) is 1. The Morgan fingerprint density at radius 1 is 1.36 bits per heavy atom. The van der Waals surface area contributed by atoms with Crippen molar-refractivity contribution >= 4 is 30.7 Å². The van der Waals surface area contributed by atoms with Gasteiger partial charge in [-0.1, -0.05) is 6.92 Å². The summed E-state index contributed by atoms with van der Waals surface area (Å²) in [5, 5.41) is 6.09. The van der Waals surface area contributed by atoms with E-state index in [1.54, 1.807) is 7.11 Å². The fourth-order valence-electron chi connectivity index (χ4n) is 2.60. The molecule has 0 aromatic heterocycles. The van der Waals surface area contributed by atoms with Crippen molar-refractivity contribution in [3.63, 3.8) is 0 Å². The molecule has 1 atom stereocenters. The summed E-state index contributed by atoms with van der Waals surface area (Å²) >= 11 is 0. The van der Waals surface area contributed by atoms with Crippen LogP contribution in [0.3, 0.4) is 0 Å². The number of nitrogens with one attached hydrogen (secondary N) is 2. The molecule has 1 unspecified atom stereocenters. The van der Waals surface area contributed by atoms with Crippen molar-refractivity contribution < 1.29 is 9.53 Å². The molecule has 0 aromatic carbocycles. The molecule has 1 amide bonds. The number of piperidine rings is 1. The first-order chi connectivity index (χ1) is 9.45. The standard InChI is InChI=1S/C15H31N3O2.2ClH/c1-13-6-5-8-18(11-13)15(2,3)12-17-14(19)10-16-7-9-20-4;;/h13,16H,5-12H2,1-4H3,(H,17,19);2*1H. The lowest BCUT2D eigenvalue weighted by Crippen LogP contribution is -2.55. The van der Waals surface area contributed by atoms with Crippen LogP contribution < -0.4 is 10.6 Å². The molecule has 5 nitrogen and oxygen atoms in total. The van der Waals surface area contributed by atoms with Gasteiger partial charge in [0.25, 0.3) is 0 Å². The van der Waals surface area contributed by atoms with Gasteiger partial charge < -0.3 is 15.4 Å². The molecule has 22 heavy (non-hydrogen) atoms. The maximum absolute atomic E-state index is 11.8. The minimum Gasteiger partial charge on any atom is -0.383 e. The van der Waals surface area contributed by atoms with Crippen molar-refractivity contribution in [1.29, 1.82) is 0 Å². The second-order valence-electron chi connectivity index (χ2n) is 6.45. The van der Waals surface area contributed by atoms with Gasteiger partial charge in [-0.25, -0.2) is 0 Å². The molecule has 1 saturated heterocycles. The van der Waals surface area contributed by atoms with E-state index in [0.29, 0.717) is 26.2 Å². The van der Waals surface area contributed by atoms with Crippen LogP contribution >= 0.6 is 24.8 Å². The Morgan fingerprint density at radius 2 is 2.05 bits per heavy atom. The van der Waals surface area contributed by atoms with Crippen LogP contribution in [0, 0.1) is 5.92 Å². The lowest BCUT2D eigenvalue weighted by molar-refractivity contribution is -0.120. The zero-order valence-corrected chi connectivity index (χ0v) is 15.9. The van der Waals surface area contributed by atoms with Crippen LogP contribution in [-0.4, -0.2) is 62.8 Å². The molecule has 0 radical (unpaired) electrons. The first-order valence-electron chi connectivity index (χ1n) is 7.67. The smallest absolute Gasteiger partial charge is 0.234 e. The van der Waals surface area contributed by atoms with Gasteiger partial charge in [0.15, 0.2) is 0 Å². The van der Waals surface area contributed by atoms with E-state index in [1.807, 2.05) is 0 Å². The molecule has 0 saturated carbocycles. The van der Waals surface area contributed by atoms with Crippen LogP contribution in [-0.2, 0) is 9.53 Å². The van der Waals surface area contributed by atoms with Crippen molar-refractivity contribution in [3.8, 4) is 0 Å². The van der Waals surface area contributed by atoms with Gasteiger partial charge in [-0.05, 0) is 39.2 Å². The summed E-state index contributed by atoms with van der Waals surface area (Å²) in [6, 6.07) is 0. The first-order valence-corrected chi connectivity index (χ1v) is 7.67. The summed E-state index contributed by atoms with van der Waals surface area (Å²) < 4.78 is 4.93. The molecule has 0 aliphatic carbocycles. The summed E-state index contributed by atoms with van der Waals surface area (Å²) in [6.07, 6.45) is 2.58. The Kier molecular flexibility index (Phi) is 13.6. The minimum atomic E-state index is 0. The molecule has 1 aliphatic heterocycles. The lowest BCUT2D eigenvalue weighted by Gasteiger charge is -2.43. The second-order valence-corrected chi connectivity index (χ2v) is 6.45. The Bertz CT molecular complexity index is 305. The number of halogens is 2. The summed E-state index contributed by atoms with van der Waals surface area (Å²) in [5.41, 5.74) is 0.0247. The Balaban J connectivity index is 0. The summed E-state index contributed by atoms with van der Waals surface area (Å²) in [7, 11) is 1.66. The number of hydrogen-bond donors (Lipinski definition) is 2. The van der Waals surface area contributed by atoms with Gasteiger partial charge in [0.2, 0.25) is 5.91 Å². The number of likely N-dealkylation sites (tertiary alicyclic amines) is 1. The average Bonchev–Trinajstić information content (AvgIpc) is 2.41. The topological polar surface area (TPSA) is 53.6 Å². The van der Waals surface area contributed by atoms with Crippen molar-refractivity contribution in [2.75, 3.05) is 46.4 Å². The zero-order chi connectivity index (χ0) is 15.0. The highest BCUT2D eigenvalue weighted by atomic mass is 35.5. The average molecular weight is 358 g/mol. The van der Waals surface area contributed by atoms with E-state index in [2.05, 4.69) is 36.3 Å². The molecule has 1 rings (SSSR count). The van der Waals surface area contributed by atoms with Gasteiger partial charge in [0.1, 0.15) is 0 Å². The fourth-order valence-corrected chi connectivity index (χ4v) is 2.60. The largest absolute Gasteiger partial charge is 0.383 e. The molecule has 7 heteroatoms. The molecule has 1 heterocycles. The van der Waals surface area contributed by atoms with E-state index < -0.39 is 0 Å². The molecule has 0 bridgehead atoms. The minimum absolute atomic E-state index is 0. The number of amides is 1. The maximum atomic E-state index is 11.8. The Morgan fingerprint density at radius 3 is 2.64 bits per heavy atom. The predicted octanol–water partition coefficient (Wildman–Crippen LogP) is 1.69. The number of methoxy groups -OCH3 is 1. The number of carbonyl (C=O) groups excluding carboxylic acids is 1. The lowest BCUT2D eigenvalue weighted by atomic mass is 9.93. The third-order valence-electron chi connectivity index (χ3n) is 4.00. The van der Waals surface area contributed by atoms with Gasteiger partial charge in [0.05, 0.1) is 13.2 Å². The Labute approximate surface area is 147 Å². The van der Waals surface area contributed by atoms with Gasteiger partial charge >= 0.3 is 0 Å². The number of hydrogen-bond acceptors (Lipinski definition) is 4. The van der Waals surface area contributed by atoms with E-state index in [0.717, 1.165) is 19.0 Å². The molecular weight excluding hydrogens is 325 g/mol. The first kappa shape index (κ1) is 24.2. The summed E-state index contributed by atoms with van der Waals surface area (Å²) in [5.74, 6) is 0.814. The number of carbonyl (C=O) groups is 1. The summed E-state index contributed by atoms with van der Waals surface area (Å²) in [6.45, 7) is 11.4. The quantitative estimate of drug-likeness (QED) is 0.649. The van der Waals surface area contributed by atoms with E-state index in [9.17, 15) is 4.79 Å². The monoisotopic (exact) mass is 357 g/mol. The zero-order valence-electron chi connectivity index (χ0n) is 14.3. The van der Waals surface area contributed by atoms with E-state index >= 15 is 0 Å². The van der Waals surface area contributed by atoms with E-state index in [-0.39, 0.29) is 36.3 Å². The summed E-state index contributed by atoms with van der Waals surface area (Å²) in [4.78, 5) is 14.3. The van der Waals surface area contributed by atoms with Crippen LogP contribution in [0.2, 0.25) is 0 Å². The molecule has 1 fully saturated rings. The van der Waals surface area contributed by atoms with Crippen LogP contribution in [0.1, 0.15) is 33.6 Å². The Hall–Kier alpha value is -0.0700. The van der Waals surface area contributed by atoms with Gasteiger partial charge in [0, 0.05) is 32.3 Å². The molecule has 0 aromatic rings. The van der Waals surface area contributed by atoms with Crippen LogP contribution in [0.5, 0.6) is 0 Å². The highest BCUT2D eigenvalue weighted by Crippen LogP contribution is 2.23. The fraction of sp³-hybridized carbons (Fsp3) is 0.933. The van der Waals surface area contributed by atoms with Crippen LogP contribution in [0.4, 0.5) is 0 Å². The molecule has 134 valence electrons. The normalized spacial score (nSPS) is 19.0. The molecule has 2 N–H and O–H groups in total. The maximum Gasteiger partial charge on any atom is 0.234 e. The highest BCUT2D eigenvalue weighted by Gasteiger charge is 2.30. The van der Waals surface area contributed by atoms with E-state index in [4.69, 9.17) is 4.74 Å². The third kappa shape index (κ3) is 9.16. The third-order valence-corrected chi connectivity index (χ3v) is 4.00. The van der Waals surface area contributed by atoms with Crippen LogP contribution in [0.15, 0.2) is 0 Å². The van der Waals surface area contributed by atoms with Crippen molar-refractivity contribution in [1.82, 2.24) is 15.5 Å². The number of nitrogens with zero attached hydrogens (tertiary/aromatic N) is 1. The molecule has 0 spiro atoms. The highest BCUT2D eigenvalue weighted by molar-refractivity contribution is 5.85. The number of rotatable bonds is 8. The van der Waals surface area contributed by atoms with Crippen molar-refractivity contribution in [2.45, 2.75) is 39.2 Å². The van der Waals surface area contributed by atoms with Gasteiger partial charge in [-0.3, -0.25) is 9.69 Å². The second kappa shape index (κ2) is 12.4. The van der Waals surface area contributed by atoms with Gasteiger partial charge in [-0.2, -0.15) is 0 Å². The predicted molar refractivity (Wildman–Crippen MR) is 96.3 cm³/mol. The molecule has 1 aliphatic rings. The van der Waals surface area contributed by atoms with Crippen LogP contribution in [0.25, 0.3) is 0 Å². The van der Waals surface area contributed by atoms with Gasteiger partial charge in [-0.15, -0.1) is 24.8 Å². The SMILES string of the molecule is COCCNCC(=O)NCC(C)(C)N1CCCC(C)C1.Cl.Cl. The van der Waals surface area contributed by atoms with E-state index in [1.165, 1.54) is 12.8 Å². The van der Waals surface area contributed by atoms with Crippen molar-refractivity contribution in [2.24, 2.45) is 5.92 Å².